The molecule has 0 saturated carbocycles. The van der Waals surface area contributed by atoms with E-state index in [-0.39, 0.29) is 23.8 Å². The first kappa shape index (κ1) is 23.7. The molecule has 10 nitrogen and oxygen atoms in total. The molecule has 0 aliphatic heterocycles. The molecule has 0 radical (unpaired) electrons. The number of halogens is 2. The molecule has 5 rings (SSSR count). The molecular formula is C24H21Cl2N9O. The van der Waals surface area contributed by atoms with E-state index in [9.17, 15) is 0 Å². The van der Waals surface area contributed by atoms with Crippen LogP contribution in [0.25, 0.3) is 10.9 Å². The monoisotopic (exact) mass is 521 g/mol. The summed E-state index contributed by atoms with van der Waals surface area (Å²) in [6.07, 6.45) is 4.44. The van der Waals surface area contributed by atoms with Gasteiger partial charge in [-0.05, 0) is 54.4 Å². The first-order chi connectivity index (χ1) is 17.6. The SMILES string of the molecule is Clc1ccc2c(NCCCn3cc(COc4nc(Cl)nc(Nc5ccccc5)n4)nn3)ccnc2c1. The molecular weight excluding hydrogens is 501 g/mol. The summed E-state index contributed by atoms with van der Waals surface area (Å²) in [5.74, 6) is 0.289. The van der Waals surface area contributed by atoms with Gasteiger partial charge in [-0.25, -0.2) is 0 Å². The Hall–Kier alpha value is -4.02. The average Bonchev–Trinajstić information content (AvgIpc) is 3.33. The molecule has 0 aliphatic carbocycles. The highest BCUT2D eigenvalue weighted by molar-refractivity contribution is 6.31. The Morgan fingerprint density at radius 2 is 1.86 bits per heavy atom. The Morgan fingerprint density at radius 1 is 0.972 bits per heavy atom. The maximum atomic E-state index is 6.07. The standard InChI is InChI=1S/C24H21Cl2N9O/c25-16-7-8-19-20(9-11-28-21(19)13-16)27-10-4-12-35-14-18(33-34-35)15-36-24-31-22(26)30-23(32-24)29-17-5-2-1-3-6-17/h1-3,5-9,11,13-14H,4,10,12,15H2,(H,27,28)(H,29,30,31,32). The third-order valence-electron chi connectivity index (χ3n) is 5.14. The van der Waals surface area contributed by atoms with Crippen LogP contribution in [0.3, 0.4) is 0 Å². The summed E-state index contributed by atoms with van der Waals surface area (Å²) in [5.41, 5.74) is 3.34. The lowest BCUT2D eigenvalue weighted by Crippen LogP contribution is -2.07. The van der Waals surface area contributed by atoms with Crippen LogP contribution in [0.4, 0.5) is 17.3 Å². The summed E-state index contributed by atoms with van der Waals surface area (Å²) in [5, 5.41) is 16.6. The van der Waals surface area contributed by atoms with E-state index in [1.165, 1.54) is 0 Å². The van der Waals surface area contributed by atoms with Gasteiger partial charge in [0.25, 0.3) is 0 Å². The second-order valence-electron chi connectivity index (χ2n) is 7.76. The average molecular weight is 522 g/mol. The zero-order chi connectivity index (χ0) is 24.7. The fourth-order valence-electron chi connectivity index (χ4n) is 3.49. The Kier molecular flexibility index (Phi) is 7.34. The number of nitrogens with one attached hydrogen (secondary N) is 2. The van der Waals surface area contributed by atoms with E-state index >= 15 is 0 Å². The van der Waals surface area contributed by atoms with Crippen molar-refractivity contribution in [2.24, 2.45) is 0 Å². The first-order valence-electron chi connectivity index (χ1n) is 11.2. The number of ether oxygens (including phenoxy) is 1. The summed E-state index contributed by atoms with van der Waals surface area (Å²) < 4.78 is 7.44. The van der Waals surface area contributed by atoms with Crippen LogP contribution in [0.1, 0.15) is 12.1 Å². The molecule has 5 aromatic rings. The van der Waals surface area contributed by atoms with E-state index in [2.05, 4.69) is 40.9 Å². The van der Waals surface area contributed by atoms with Gasteiger partial charge < -0.3 is 15.4 Å². The number of hydrogen-bond acceptors (Lipinski definition) is 9. The highest BCUT2D eigenvalue weighted by Gasteiger charge is 2.09. The molecule has 12 heteroatoms. The fraction of sp³-hybridized carbons (Fsp3) is 0.167. The number of hydrogen-bond donors (Lipinski definition) is 2. The van der Waals surface area contributed by atoms with Crippen molar-refractivity contribution in [3.63, 3.8) is 0 Å². The van der Waals surface area contributed by atoms with Gasteiger partial charge >= 0.3 is 6.01 Å². The molecule has 3 heterocycles. The molecule has 0 spiro atoms. The smallest absolute Gasteiger partial charge is 0.322 e. The van der Waals surface area contributed by atoms with E-state index in [1.54, 1.807) is 10.9 Å². The molecule has 0 unspecified atom stereocenters. The number of pyridine rings is 1. The minimum Gasteiger partial charge on any atom is -0.457 e. The molecule has 2 aromatic carbocycles. The van der Waals surface area contributed by atoms with Gasteiger partial charge in [-0.15, -0.1) is 5.10 Å². The Balaban J connectivity index is 1.11. The van der Waals surface area contributed by atoms with Crippen LogP contribution >= 0.6 is 23.2 Å². The summed E-state index contributed by atoms with van der Waals surface area (Å²) >= 11 is 12.1. The van der Waals surface area contributed by atoms with Crippen molar-refractivity contribution in [3.05, 3.63) is 83.0 Å². The van der Waals surface area contributed by atoms with Crippen molar-refractivity contribution in [1.82, 2.24) is 34.9 Å². The van der Waals surface area contributed by atoms with Crippen LogP contribution in [0, 0.1) is 0 Å². The summed E-state index contributed by atoms with van der Waals surface area (Å²) in [6.45, 7) is 1.60. The van der Waals surface area contributed by atoms with Crippen LogP contribution in [0.5, 0.6) is 6.01 Å². The predicted molar refractivity (Wildman–Crippen MR) is 139 cm³/mol. The Morgan fingerprint density at radius 3 is 2.75 bits per heavy atom. The minimum atomic E-state index is 0.0275. The van der Waals surface area contributed by atoms with Crippen LogP contribution in [0.2, 0.25) is 10.3 Å². The van der Waals surface area contributed by atoms with Crippen molar-refractivity contribution < 1.29 is 4.74 Å². The Bertz CT molecular complexity index is 1460. The third kappa shape index (κ3) is 6.15. The van der Waals surface area contributed by atoms with Gasteiger partial charge in [0.05, 0.1) is 11.7 Å². The summed E-state index contributed by atoms with van der Waals surface area (Å²) in [6, 6.07) is 17.2. The van der Waals surface area contributed by atoms with E-state index in [0.29, 0.717) is 17.3 Å². The molecule has 0 amide bonds. The third-order valence-corrected chi connectivity index (χ3v) is 5.54. The van der Waals surface area contributed by atoms with Crippen LogP contribution in [0.15, 0.2) is 67.0 Å². The van der Waals surface area contributed by atoms with Gasteiger partial charge in [0, 0.05) is 41.1 Å². The van der Waals surface area contributed by atoms with Gasteiger partial charge in [0.1, 0.15) is 12.3 Å². The highest BCUT2D eigenvalue weighted by Crippen LogP contribution is 2.24. The lowest BCUT2D eigenvalue weighted by Gasteiger charge is -2.09. The lowest BCUT2D eigenvalue weighted by atomic mass is 10.2. The molecule has 36 heavy (non-hydrogen) atoms. The van der Waals surface area contributed by atoms with Gasteiger partial charge in [0.15, 0.2) is 0 Å². The fourth-order valence-corrected chi connectivity index (χ4v) is 3.81. The molecule has 0 bridgehead atoms. The number of aryl methyl sites for hydroxylation is 1. The zero-order valence-corrected chi connectivity index (χ0v) is 20.5. The number of anilines is 3. The molecule has 3 aromatic heterocycles. The summed E-state index contributed by atoms with van der Waals surface area (Å²) in [7, 11) is 0. The second-order valence-corrected chi connectivity index (χ2v) is 8.54. The van der Waals surface area contributed by atoms with Crippen LogP contribution in [-0.2, 0) is 13.2 Å². The van der Waals surface area contributed by atoms with Crippen molar-refractivity contribution in [1.29, 1.82) is 0 Å². The Labute approximate surface area is 216 Å². The van der Waals surface area contributed by atoms with E-state index < -0.39 is 0 Å². The number of rotatable bonds is 10. The lowest BCUT2D eigenvalue weighted by molar-refractivity contribution is 0.276. The predicted octanol–water partition coefficient (Wildman–Crippen LogP) is 5.14. The molecule has 0 fully saturated rings. The number of benzene rings is 2. The normalized spacial score (nSPS) is 10.9. The quantitative estimate of drug-likeness (QED) is 0.241. The molecule has 0 aliphatic rings. The van der Waals surface area contributed by atoms with E-state index in [1.807, 2.05) is 60.8 Å². The number of nitrogens with zero attached hydrogens (tertiary/aromatic N) is 7. The summed E-state index contributed by atoms with van der Waals surface area (Å²) in [4.78, 5) is 16.7. The minimum absolute atomic E-state index is 0.0275. The highest BCUT2D eigenvalue weighted by atomic mass is 35.5. The molecule has 0 atom stereocenters. The van der Waals surface area contributed by atoms with Crippen molar-refractivity contribution in [2.75, 3.05) is 17.2 Å². The topological polar surface area (TPSA) is 116 Å². The van der Waals surface area contributed by atoms with Gasteiger partial charge in [-0.2, -0.15) is 15.0 Å². The van der Waals surface area contributed by atoms with Crippen molar-refractivity contribution in [2.45, 2.75) is 19.6 Å². The van der Waals surface area contributed by atoms with E-state index in [0.717, 1.165) is 35.2 Å². The molecule has 0 saturated heterocycles. The number of para-hydroxylation sites is 1. The first-order valence-corrected chi connectivity index (χ1v) is 11.9. The maximum absolute atomic E-state index is 6.07. The maximum Gasteiger partial charge on any atom is 0.322 e. The van der Waals surface area contributed by atoms with Gasteiger partial charge in [-0.1, -0.05) is 35.0 Å². The largest absolute Gasteiger partial charge is 0.457 e. The van der Waals surface area contributed by atoms with Crippen LogP contribution in [-0.4, -0.2) is 41.5 Å². The van der Waals surface area contributed by atoms with Crippen LogP contribution < -0.4 is 15.4 Å². The van der Waals surface area contributed by atoms with E-state index in [4.69, 9.17) is 27.9 Å². The second kappa shape index (κ2) is 11.1. The zero-order valence-electron chi connectivity index (χ0n) is 19.0. The van der Waals surface area contributed by atoms with Gasteiger partial charge in [-0.3, -0.25) is 9.67 Å². The van der Waals surface area contributed by atoms with Gasteiger partial charge in [0.2, 0.25) is 11.2 Å². The molecule has 2 N–H and O–H groups in total. The number of fused-ring (bicyclic) bond motifs is 1. The molecule has 182 valence electrons. The van der Waals surface area contributed by atoms with Crippen molar-refractivity contribution in [3.8, 4) is 6.01 Å². The number of aromatic nitrogens is 7. The van der Waals surface area contributed by atoms with Crippen molar-refractivity contribution >= 4 is 51.4 Å².